The van der Waals surface area contributed by atoms with Crippen molar-refractivity contribution < 1.29 is 62.5 Å². The Morgan fingerprint density at radius 3 is 2.01 bits per heavy atom. The smallest absolute Gasteiger partial charge is 0.410 e. The molecule has 2 fully saturated rings. The second-order valence-electron chi connectivity index (χ2n) is 24.2. The van der Waals surface area contributed by atoms with Gasteiger partial charge in [0.05, 0.1) is 66.7 Å². The highest BCUT2D eigenvalue weighted by atomic mass is 32.2. The Hall–Kier alpha value is -5.94. The molecule has 0 spiro atoms. The molecular weight excluding hydrogens is 1120 g/mol. The number of methoxy groups -OCH3 is 2. The molecule has 2 aromatic rings. The number of benzene rings is 2. The van der Waals surface area contributed by atoms with Crippen LogP contribution in [-0.4, -0.2) is 186 Å². The lowest BCUT2D eigenvalue weighted by molar-refractivity contribution is -0.148. The van der Waals surface area contributed by atoms with E-state index >= 15 is 0 Å². The summed E-state index contributed by atoms with van der Waals surface area (Å²) in [5, 5.41) is 22.9. The molecule has 7 amide bonds. The highest BCUT2D eigenvalue weighted by molar-refractivity contribution is 8.00. The number of nitrogens with one attached hydrogen (secondary N) is 4. The van der Waals surface area contributed by atoms with Crippen LogP contribution >= 0.6 is 11.8 Å². The number of hydrogen-bond donors (Lipinski definition) is 5. The zero-order chi connectivity index (χ0) is 64.1. The van der Waals surface area contributed by atoms with Gasteiger partial charge in [0.2, 0.25) is 41.2 Å². The minimum Gasteiger partial charge on any atom is -0.445 e. The maximum Gasteiger partial charge on any atom is 0.410 e. The summed E-state index contributed by atoms with van der Waals surface area (Å²) in [5.74, 6) is -4.52. The highest BCUT2D eigenvalue weighted by Gasteiger charge is 2.44. The van der Waals surface area contributed by atoms with Crippen LogP contribution in [0.15, 0.2) is 54.6 Å². The molecule has 21 nitrogen and oxygen atoms in total. The normalized spacial score (nSPS) is 18.8. The van der Waals surface area contributed by atoms with Crippen LogP contribution < -0.4 is 21.3 Å². The molecule has 0 aliphatic carbocycles. The number of aliphatic hydroxyl groups excluding tert-OH is 1. The minimum atomic E-state index is -1.02. The first kappa shape index (κ1) is 72.5. The molecule has 2 saturated heterocycles. The van der Waals surface area contributed by atoms with Crippen molar-refractivity contribution in [3.63, 3.8) is 0 Å². The van der Waals surface area contributed by atoms with E-state index < -0.39 is 84.0 Å². The third-order valence-corrected chi connectivity index (χ3v) is 17.9. The van der Waals surface area contributed by atoms with Crippen molar-refractivity contribution in [3.05, 3.63) is 65.7 Å². The first-order chi connectivity index (χ1) is 40.7. The van der Waals surface area contributed by atoms with Gasteiger partial charge in [-0.15, -0.1) is 0 Å². The van der Waals surface area contributed by atoms with Crippen molar-refractivity contribution in [2.45, 2.75) is 193 Å². The van der Waals surface area contributed by atoms with E-state index in [9.17, 15) is 48.3 Å². The van der Waals surface area contributed by atoms with Crippen LogP contribution in [0.2, 0.25) is 0 Å². The standard InChI is InChI=1S/C64H100N8O13S/c1-16-41(8)56(49(83-13)34-51(74)71-33-23-26-47(71)59(84-14)42(9)60(78)67-43(10)57(76)45-24-19-17-20-25-45)69(11)63(81)54(39(4)5)68-61(79)55(40(6)7)70(12)64(82)85-36-44-28-30-46(31-29-44)65-37-66-53(38(2)3)58(77)48(73)27-21-18-22-32-72-52(75)35-50(86-15)62(72)80/h17,19-20,24-25,28-31,38-43,47,49-50,53-57,59,65-66,76H,16,18,21-23,26-27,32-37H2,1-15H3,(H,67,78)(H,68,79)/t41-,42+,43+,47-,49+,50?,53-,54-,55-,56-,57+,59+/m0/s1. The van der Waals surface area contributed by atoms with E-state index in [0.717, 1.165) is 0 Å². The molecule has 1 unspecified atom stereocenters. The van der Waals surface area contributed by atoms with E-state index in [1.165, 1.54) is 42.8 Å². The summed E-state index contributed by atoms with van der Waals surface area (Å²) in [6.07, 6.45) is 2.56. The monoisotopic (exact) mass is 1220 g/mol. The summed E-state index contributed by atoms with van der Waals surface area (Å²) in [6.45, 7) is 19.3. The maximum atomic E-state index is 14.7. The van der Waals surface area contributed by atoms with Gasteiger partial charge in [-0.1, -0.05) is 118 Å². The number of nitrogens with zero attached hydrogens (tertiary/aromatic N) is 4. The van der Waals surface area contributed by atoms with Crippen LogP contribution in [0.1, 0.15) is 144 Å². The fraction of sp³-hybridized carbons (Fsp3) is 0.672. The van der Waals surface area contributed by atoms with Crippen LogP contribution in [0.5, 0.6) is 0 Å². The van der Waals surface area contributed by atoms with Gasteiger partial charge in [-0.25, -0.2) is 4.79 Å². The number of likely N-dealkylation sites (tertiary alicyclic amines) is 2. The van der Waals surface area contributed by atoms with Gasteiger partial charge in [-0.3, -0.25) is 53.5 Å². The molecule has 2 heterocycles. The largest absolute Gasteiger partial charge is 0.445 e. The van der Waals surface area contributed by atoms with Crippen molar-refractivity contribution >= 4 is 70.6 Å². The van der Waals surface area contributed by atoms with Crippen LogP contribution in [0, 0.1) is 29.6 Å². The van der Waals surface area contributed by atoms with Gasteiger partial charge >= 0.3 is 6.09 Å². The van der Waals surface area contributed by atoms with Gasteiger partial charge in [0, 0.05) is 59.9 Å². The number of unbranched alkanes of at least 4 members (excludes halogenated alkanes) is 2. The molecular formula is C64H100N8O13S. The maximum absolute atomic E-state index is 14.7. The number of hydrogen-bond acceptors (Lipinski definition) is 16. The third kappa shape index (κ3) is 19.8. The Bertz CT molecular complexity index is 2560. The summed E-state index contributed by atoms with van der Waals surface area (Å²) < 4.78 is 17.8. The summed E-state index contributed by atoms with van der Waals surface area (Å²) >= 11 is 1.37. The third-order valence-electron chi connectivity index (χ3n) is 17.0. The molecule has 2 aliphatic heterocycles. The number of likely N-dealkylation sites (N-methyl/N-ethyl adjacent to an activating group) is 2. The lowest BCUT2D eigenvalue weighted by Gasteiger charge is -2.41. The molecule has 2 aliphatic rings. The number of thioether (sulfide) groups is 1. The summed E-state index contributed by atoms with van der Waals surface area (Å²) in [5.41, 5.74) is 2.05. The number of Topliss-reactive ketones (excluding diaryl/α,β-unsaturated/α-hetero) is 2. The second kappa shape index (κ2) is 35.2. The fourth-order valence-electron chi connectivity index (χ4n) is 11.7. The van der Waals surface area contributed by atoms with Crippen molar-refractivity contribution in [1.82, 2.24) is 35.6 Å². The second-order valence-corrected chi connectivity index (χ2v) is 25.3. The van der Waals surface area contributed by atoms with Gasteiger partial charge < -0.3 is 45.1 Å². The zero-order valence-electron chi connectivity index (χ0n) is 53.6. The summed E-state index contributed by atoms with van der Waals surface area (Å²) in [7, 11) is 6.18. The quantitative estimate of drug-likeness (QED) is 0.0204. The predicted octanol–water partition coefficient (Wildman–Crippen LogP) is 6.75. The minimum absolute atomic E-state index is 0.0661. The van der Waals surface area contributed by atoms with Crippen molar-refractivity contribution in [2.75, 3.05) is 59.6 Å². The van der Waals surface area contributed by atoms with E-state index in [1.807, 2.05) is 66.0 Å². The van der Waals surface area contributed by atoms with E-state index in [0.29, 0.717) is 68.4 Å². The number of carbonyl (C=O) groups excluding carboxylic acids is 9. The molecule has 0 bridgehead atoms. The fourth-order valence-corrected chi connectivity index (χ4v) is 12.3. The summed E-state index contributed by atoms with van der Waals surface area (Å²) in [4.78, 5) is 127. The molecule has 22 heteroatoms. The topological polar surface area (TPSA) is 263 Å². The Morgan fingerprint density at radius 2 is 1.44 bits per heavy atom. The van der Waals surface area contributed by atoms with Crippen LogP contribution in [0.25, 0.3) is 0 Å². The number of ketones is 2. The highest BCUT2D eigenvalue weighted by Crippen LogP contribution is 2.31. The van der Waals surface area contributed by atoms with Gasteiger partial charge in [0.25, 0.3) is 0 Å². The number of amides is 7. The molecule has 2 aromatic carbocycles. The Balaban J connectivity index is 1.31. The van der Waals surface area contributed by atoms with Gasteiger partial charge in [-0.05, 0) is 85.8 Å². The predicted molar refractivity (Wildman–Crippen MR) is 332 cm³/mol. The molecule has 86 heavy (non-hydrogen) atoms. The molecule has 0 saturated carbocycles. The molecule has 12 atom stereocenters. The van der Waals surface area contributed by atoms with E-state index in [2.05, 4.69) is 21.3 Å². The van der Waals surface area contributed by atoms with E-state index in [1.54, 1.807) is 80.9 Å². The number of ether oxygens (including phenoxy) is 3. The Morgan fingerprint density at radius 1 is 0.791 bits per heavy atom. The molecule has 0 radical (unpaired) electrons. The number of aliphatic hydroxyl groups is 1. The Kier molecular flexibility index (Phi) is 29.7. The van der Waals surface area contributed by atoms with Gasteiger partial charge in [0.1, 0.15) is 18.7 Å². The van der Waals surface area contributed by atoms with Crippen molar-refractivity contribution in [1.29, 1.82) is 0 Å². The van der Waals surface area contributed by atoms with E-state index in [4.69, 9.17) is 14.2 Å². The van der Waals surface area contributed by atoms with Gasteiger partial charge in [0.15, 0.2) is 5.78 Å². The average Bonchev–Trinajstić information content (AvgIpc) is 3.38. The van der Waals surface area contributed by atoms with Crippen molar-refractivity contribution in [2.24, 2.45) is 29.6 Å². The van der Waals surface area contributed by atoms with Crippen LogP contribution in [0.3, 0.4) is 0 Å². The average molecular weight is 1220 g/mol. The first-order valence-corrected chi connectivity index (χ1v) is 31.9. The summed E-state index contributed by atoms with van der Waals surface area (Å²) in [6, 6.07) is 11.9. The lowest BCUT2D eigenvalue weighted by atomic mass is 9.89. The molecule has 0 aromatic heterocycles. The van der Waals surface area contributed by atoms with Crippen molar-refractivity contribution in [3.8, 4) is 0 Å². The zero-order valence-corrected chi connectivity index (χ0v) is 54.4. The van der Waals surface area contributed by atoms with Gasteiger partial charge in [-0.2, -0.15) is 11.8 Å². The lowest BCUT2D eigenvalue weighted by Crippen LogP contribution is -2.60. The molecule has 5 N–H and O–H groups in total. The number of carbonyl (C=O) groups is 9. The van der Waals surface area contributed by atoms with Crippen LogP contribution in [0.4, 0.5) is 10.5 Å². The molecule has 4 rings (SSSR count). The number of imide groups is 1. The number of anilines is 1. The molecule has 480 valence electrons. The SMILES string of the molecule is CC[C@H](C)[C@@H]([C@@H](CC(=O)N1CCC[C@H]1[C@H](OC)[C@@H](C)C(=O)N[C@H](C)[C@@H](O)c1ccccc1)OC)N(C)C(=O)[C@@H](NC(=O)[C@H](C(C)C)N(C)C(=O)OCc1ccc(NCN[C@H](C(=O)C(=O)CCCCCN2C(=O)CC(SC)C2=O)C(C)C)cc1)C(C)C. The van der Waals surface area contributed by atoms with Crippen LogP contribution in [-0.2, 0) is 59.2 Å². The van der Waals surface area contributed by atoms with E-state index in [-0.39, 0.29) is 91.0 Å². The first-order valence-electron chi connectivity index (χ1n) is 30.6. The Labute approximate surface area is 514 Å². The number of rotatable bonds is 36.